The third-order valence-electron chi connectivity index (χ3n) is 1.72. The van der Waals surface area contributed by atoms with Crippen LogP contribution in [-0.2, 0) is 4.79 Å². The Hall–Kier alpha value is -1.30. The number of carbonyl (C=O) groups excluding carboxylic acids is 1. The fourth-order valence-corrected chi connectivity index (χ4v) is 1.08. The van der Waals surface area contributed by atoms with Crippen molar-refractivity contribution in [1.29, 1.82) is 5.26 Å². The zero-order valence-electron chi connectivity index (χ0n) is 6.45. The van der Waals surface area contributed by atoms with Gasteiger partial charge in [-0.05, 0) is 6.42 Å². The van der Waals surface area contributed by atoms with Crippen molar-refractivity contribution in [2.24, 2.45) is 0 Å². The Morgan fingerprint density at radius 2 is 2.64 bits per heavy atom. The van der Waals surface area contributed by atoms with Gasteiger partial charge in [0.1, 0.15) is 6.04 Å². The second-order valence-corrected chi connectivity index (χ2v) is 2.44. The first kappa shape index (κ1) is 7.80. The molecule has 0 spiro atoms. The zero-order chi connectivity index (χ0) is 8.27. The van der Waals surface area contributed by atoms with E-state index in [4.69, 9.17) is 5.26 Å². The van der Waals surface area contributed by atoms with Gasteiger partial charge in [-0.1, -0.05) is 13.0 Å². The average molecular weight is 150 g/mol. The SMILES string of the molecule is CC[C@@H](C#N)N1C=CCC1=O. The molecule has 1 aliphatic rings. The number of carbonyl (C=O) groups is 1. The van der Waals surface area contributed by atoms with Gasteiger partial charge in [-0.15, -0.1) is 0 Å². The molecule has 3 nitrogen and oxygen atoms in total. The molecule has 0 aromatic carbocycles. The number of hydrogen-bond acceptors (Lipinski definition) is 2. The highest BCUT2D eigenvalue weighted by atomic mass is 16.2. The highest BCUT2D eigenvalue weighted by molar-refractivity contribution is 5.81. The van der Waals surface area contributed by atoms with Gasteiger partial charge in [0.2, 0.25) is 5.91 Å². The highest BCUT2D eigenvalue weighted by Gasteiger charge is 2.21. The molecule has 0 saturated carbocycles. The van der Waals surface area contributed by atoms with E-state index in [-0.39, 0.29) is 11.9 Å². The summed E-state index contributed by atoms with van der Waals surface area (Å²) in [7, 11) is 0. The minimum Gasteiger partial charge on any atom is -0.303 e. The van der Waals surface area contributed by atoms with E-state index in [1.54, 1.807) is 12.3 Å². The normalized spacial score (nSPS) is 18.5. The van der Waals surface area contributed by atoms with Gasteiger partial charge in [-0.2, -0.15) is 5.26 Å². The van der Waals surface area contributed by atoms with E-state index in [0.29, 0.717) is 12.8 Å². The van der Waals surface area contributed by atoms with E-state index >= 15 is 0 Å². The van der Waals surface area contributed by atoms with Gasteiger partial charge >= 0.3 is 0 Å². The molecule has 3 heteroatoms. The molecule has 0 saturated heterocycles. The molecule has 0 bridgehead atoms. The minimum absolute atomic E-state index is 0.0263. The zero-order valence-corrected chi connectivity index (χ0v) is 6.45. The number of nitriles is 1. The number of nitrogens with zero attached hydrogens (tertiary/aromatic N) is 2. The van der Waals surface area contributed by atoms with Crippen LogP contribution in [0.1, 0.15) is 19.8 Å². The summed E-state index contributed by atoms with van der Waals surface area (Å²) < 4.78 is 0. The Morgan fingerprint density at radius 1 is 1.91 bits per heavy atom. The number of rotatable bonds is 2. The molecule has 1 aliphatic heterocycles. The predicted molar refractivity (Wildman–Crippen MR) is 40.3 cm³/mol. The topological polar surface area (TPSA) is 44.1 Å². The van der Waals surface area contributed by atoms with Crippen LogP contribution >= 0.6 is 0 Å². The van der Waals surface area contributed by atoms with Crippen molar-refractivity contribution < 1.29 is 4.79 Å². The van der Waals surface area contributed by atoms with Gasteiger partial charge in [0, 0.05) is 12.6 Å². The molecular formula is C8H10N2O. The third kappa shape index (κ3) is 1.40. The monoisotopic (exact) mass is 150 g/mol. The Bertz CT molecular complexity index is 227. The highest BCUT2D eigenvalue weighted by Crippen LogP contribution is 2.12. The maximum Gasteiger partial charge on any atom is 0.231 e. The summed E-state index contributed by atoms with van der Waals surface area (Å²) >= 11 is 0. The second-order valence-electron chi connectivity index (χ2n) is 2.44. The Labute approximate surface area is 65.9 Å². The van der Waals surface area contributed by atoms with E-state index in [1.807, 2.05) is 6.92 Å². The average Bonchev–Trinajstić information content (AvgIpc) is 2.40. The molecule has 1 amide bonds. The predicted octanol–water partition coefficient (Wildman–Crippen LogP) is 1.03. The molecule has 0 unspecified atom stereocenters. The van der Waals surface area contributed by atoms with Crippen molar-refractivity contribution in [3.05, 3.63) is 12.3 Å². The first-order valence-corrected chi connectivity index (χ1v) is 3.67. The lowest BCUT2D eigenvalue weighted by Gasteiger charge is -2.17. The smallest absolute Gasteiger partial charge is 0.231 e. The van der Waals surface area contributed by atoms with Crippen LogP contribution in [0.2, 0.25) is 0 Å². The molecule has 0 fully saturated rings. The van der Waals surface area contributed by atoms with Crippen molar-refractivity contribution in [3.8, 4) is 6.07 Å². The van der Waals surface area contributed by atoms with Gasteiger partial charge in [0.05, 0.1) is 6.07 Å². The molecule has 0 radical (unpaired) electrons. The lowest BCUT2D eigenvalue weighted by molar-refractivity contribution is -0.127. The lowest BCUT2D eigenvalue weighted by Crippen LogP contribution is -2.31. The van der Waals surface area contributed by atoms with Gasteiger partial charge in [0.25, 0.3) is 0 Å². The largest absolute Gasteiger partial charge is 0.303 e. The molecule has 58 valence electrons. The number of hydrogen-bond donors (Lipinski definition) is 0. The van der Waals surface area contributed by atoms with Crippen LogP contribution in [-0.4, -0.2) is 16.8 Å². The van der Waals surface area contributed by atoms with Gasteiger partial charge < -0.3 is 4.90 Å². The summed E-state index contributed by atoms with van der Waals surface area (Å²) in [6.07, 6.45) is 4.60. The van der Waals surface area contributed by atoms with Gasteiger partial charge in [-0.3, -0.25) is 4.79 Å². The summed E-state index contributed by atoms with van der Waals surface area (Å²) in [6, 6.07) is 1.80. The maximum atomic E-state index is 11.0. The van der Waals surface area contributed by atoms with Crippen molar-refractivity contribution in [2.45, 2.75) is 25.8 Å². The van der Waals surface area contributed by atoms with Gasteiger partial charge in [0.15, 0.2) is 0 Å². The van der Waals surface area contributed by atoms with Crippen LogP contribution in [0.3, 0.4) is 0 Å². The molecule has 11 heavy (non-hydrogen) atoms. The van der Waals surface area contributed by atoms with Crippen LogP contribution in [0.15, 0.2) is 12.3 Å². The van der Waals surface area contributed by atoms with E-state index in [1.165, 1.54) is 4.90 Å². The van der Waals surface area contributed by atoms with E-state index in [0.717, 1.165) is 0 Å². The minimum atomic E-state index is -0.277. The van der Waals surface area contributed by atoms with Crippen LogP contribution in [0, 0.1) is 11.3 Å². The van der Waals surface area contributed by atoms with Crippen LogP contribution in [0.4, 0.5) is 0 Å². The maximum absolute atomic E-state index is 11.0. The summed E-state index contributed by atoms with van der Waals surface area (Å²) in [5, 5.41) is 8.63. The molecular weight excluding hydrogens is 140 g/mol. The fraction of sp³-hybridized carbons (Fsp3) is 0.500. The van der Waals surface area contributed by atoms with Crippen LogP contribution < -0.4 is 0 Å². The van der Waals surface area contributed by atoms with Crippen molar-refractivity contribution in [1.82, 2.24) is 4.90 Å². The molecule has 1 heterocycles. The summed E-state index contributed by atoms with van der Waals surface area (Å²) in [6.45, 7) is 1.90. The summed E-state index contributed by atoms with van der Waals surface area (Å²) in [4.78, 5) is 12.5. The molecule has 0 aliphatic carbocycles. The molecule has 1 rings (SSSR count). The first-order valence-electron chi connectivity index (χ1n) is 3.67. The Morgan fingerprint density at radius 3 is 3.00 bits per heavy atom. The standard InChI is InChI=1S/C8H10N2O/c1-2-7(6-9)10-5-3-4-8(10)11/h3,5,7H,2,4H2,1H3/t7-/m0/s1. The summed E-state index contributed by atoms with van der Waals surface area (Å²) in [5.41, 5.74) is 0. The molecule has 0 N–H and O–H groups in total. The Balaban J connectivity index is 2.66. The third-order valence-corrected chi connectivity index (χ3v) is 1.72. The van der Waals surface area contributed by atoms with E-state index in [9.17, 15) is 4.79 Å². The quantitative estimate of drug-likeness (QED) is 0.590. The van der Waals surface area contributed by atoms with Crippen molar-refractivity contribution >= 4 is 5.91 Å². The van der Waals surface area contributed by atoms with Crippen molar-refractivity contribution in [2.75, 3.05) is 0 Å². The van der Waals surface area contributed by atoms with Crippen LogP contribution in [0.5, 0.6) is 0 Å². The fourth-order valence-electron chi connectivity index (χ4n) is 1.08. The second kappa shape index (κ2) is 3.20. The van der Waals surface area contributed by atoms with Crippen LogP contribution in [0.25, 0.3) is 0 Å². The number of amides is 1. The van der Waals surface area contributed by atoms with Gasteiger partial charge in [-0.25, -0.2) is 0 Å². The molecule has 0 aromatic rings. The van der Waals surface area contributed by atoms with E-state index in [2.05, 4.69) is 6.07 Å². The van der Waals surface area contributed by atoms with Crippen molar-refractivity contribution in [3.63, 3.8) is 0 Å². The Kier molecular flexibility index (Phi) is 2.27. The van der Waals surface area contributed by atoms with E-state index < -0.39 is 0 Å². The summed E-state index contributed by atoms with van der Waals surface area (Å²) in [5.74, 6) is 0.0263. The molecule has 0 aromatic heterocycles. The lowest BCUT2D eigenvalue weighted by atomic mass is 10.2. The molecule has 1 atom stereocenters. The first-order chi connectivity index (χ1) is 5.29.